The van der Waals surface area contributed by atoms with Crippen LogP contribution in [-0.2, 0) is 4.74 Å². The average molecular weight is 460 g/mol. The summed E-state index contributed by atoms with van der Waals surface area (Å²) in [4.78, 5) is 2.56. The Kier molecular flexibility index (Phi) is 16.5. The smallest absolute Gasteiger partial charge is 0.160 e. The highest BCUT2D eigenvalue weighted by atomic mass is 32.1. The van der Waals surface area contributed by atoms with Crippen molar-refractivity contribution in [3.8, 4) is 0 Å². The molecule has 0 spiro atoms. The van der Waals surface area contributed by atoms with E-state index < -0.39 is 0 Å². The molecular weight excluding hydrogens is 410 g/mol. The molecule has 1 saturated heterocycles. The summed E-state index contributed by atoms with van der Waals surface area (Å²) in [5.41, 5.74) is 5.81. The maximum atomic E-state index is 5.76. The van der Waals surface area contributed by atoms with Gasteiger partial charge >= 0.3 is 0 Å². The van der Waals surface area contributed by atoms with E-state index >= 15 is 0 Å². The zero-order valence-corrected chi connectivity index (χ0v) is 22.5. The van der Waals surface area contributed by atoms with Crippen LogP contribution in [-0.4, -0.2) is 36.2 Å². The van der Waals surface area contributed by atoms with E-state index in [9.17, 15) is 0 Å². The van der Waals surface area contributed by atoms with E-state index in [1.165, 1.54) is 61.1 Å². The van der Waals surface area contributed by atoms with E-state index in [-0.39, 0.29) is 0 Å². The number of nitrogens with zero attached hydrogens (tertiary/aromatic N) is 1. The number of rotatable bonds is 15. The van der Waals surface area contributed by atoms with Gasteiger partial charge in [0.05, 0.1) is 0 Å². The molecule has 0 amide bonds. The minimum Gasteiger partial charge on any atom is -0.483 e. The lowest BCUT2D eigenvalue weighted by molar-refractivity contribution is 0.226. The highest BCUT2D eigenvalue weighted by Crippen LogP contribution is 2.14. The summed E-state index contributed by atoms with van der Waals surface area (Å²) < 4.78 is 5.76. The van der Waals surface area contributed by atoms with Crippen LogP contribution in [0.5, 0.6) is 0 Å². The maximum Gasteiger partial charge on any atom is 0.160 e. The summed E-state index contributed by atoms with van der Waals surface area (Å²) >= 11 is 5.40. The molecule has 0 aromatic heterocycles. The highest BCUT2D eigenvalue weighted by Gasteiger charge is 2.09. The molecule has 1 heterocycles. The molecule has 0 bridgehead atoms. The first-order valence-corrected chi connectivity index (χ1v) is 13.3. The fourth-order valence-electron chi connectivity index (χ4n) is 3.97. The van der Waals surface area contributed by atoms with Gasteiger partial charge in [0.1, 0.15) is 6.61 Å². The molecule has 3 heteroatoms. The fourth-order valence-corrected chi connectivity index (χ4v) is 4.18. The third-order valence-electron chi connectivity index (χ3n) is 6.13. The quantitative estimate of drug-likeness (QED) is 0.179. The zero-order valence-electron chi connectivity index (χ0n) is 21.7. The molecule has 1 aliphatic rings. The molecule has 32 heavy (non-hydrogen) atoms. The number of likely N-dealkylation sites (tertiary alicyclic amines) is 1. The zero-order chi connectivity index (χ0) is 23.6. The van der Waals surface area contributed by atoms with Crippen molar-refractivity contribution in [1.29, 1.82) is 0 Å². The highest BCUT2D eigenvalue weighted by molar-refractivity contribution is 7.80. The summed E-state index contributed by atoms with van der Waals surface area (Å²) in [6, 6.07) is 0. The minimum atomic E-state index is 0.619. The van der Waals surface area contributed by atoms with Crippen LogP contribution in [0.2, 0.25) is 0 Å². The molecule has 0 aromatic carbocycles. The number of thiocarbonyl (C=S) groups is 1. The van der Waals surface area contributed by atoms with Crippen molar-refractivity contribution in [3.63, 3.8) is 0 Å². The van der Waals surface area contributed by atoms with Gasteiger partial charge in [-0.3, -0.25) is 0 Å². The van der Waals surface area contributed by atoms with Gasteiger partial charge in [-0.2, -0.15) is 0 Å². The van der Waals surface area contributed by atoms with Crippen molar-refractivity contribution in [3.05, 3.63) is 46.6 Å². The molecule has 1 rings (SSSR count). The topological polar surface area (TPSA) is 12.5 Å². The van der Waals surface area contributed by atoms with E-state index in [1.54, 1.807) is 0 Å². The lowest BCUT2D eigenvalue weighted by Crippen LogP contribution is -2.30. The summed E-state index contributed by atoms with van der Waals surface area (Å²) in [6.07, 6.45) is 22.3. The van der Waals surface area contributed by atoms with Gasteiger partial charge < -0.3 is 9.64 Å². The number of allylic oxidation sites excluding steroid dienone is 7. The van der Waals surface area contributed by atoms with Crippen LogP contribution >= 0.6 is 12.2 Å². The fraction of sp³-hybridized carbons (Fsp3) is 0.690. The van der Waals surface area contributed by atoms with Gasteiger partial charge in [-0.05, 0) is 130 Å². The van der Waals surface area contributed by atoms with Gasteiger partial charge in [0, 0.05) is 6.42 Å². The molecule has 1 fully saturated rings. The van der Waals surface area contributed by atoms with Gasteiger partial charge in [-0.1, -0.05) is 46.9 Å². The Morgan fingerprint density at radius 2 is 1.25 bits per heavy atom. The Morgan fingerprint density at radius 3 is 1.81 bits per heavy atom. The van der Waals surface area contributed by atoms with E-state index in [0.717, 1.165) is 56.5 Å². The van der Waals surface area contributed by atoms with Gasteiger partial charge in [0.15, 0.2) is 5.05 Å². The van der Waals surface area contributed by atoms with E-state index in [1.807, 2.05) is 0 Å². The SMILES string of the molecule is CC(C)=CCC/C(C)=C/CC/C(C)=C/CC/C(C)=C/COC(=S)CCCN1CCCCC1. The normalized spacial score (nSPS) is 16.2. The van der Waals surface area contributed by atoms with E-state index in [4.69, 9.17) is 17.0 Å². The number of piperidine rings is 1. The molecule has 0 N–H and O–H groups in total. The minimum absolute atomic E-state index is 0.619. The first kappa shape index (κ1) is 28.8. The second-order valence-corrected chi connectivity index (χ2v) is 10.2. The van der Waals surface area contributed by atoms with Crippen LogP contribution in [0.1, 0.15) is 105 Å². The third kappa shape index (κ3) is 16.4. The second-order valence-electron chi connectivity index (χ2n) is 9.74. The second kappa shape index (κ2) is 18.3. The molecule has 0 unspecified atom stereocenters. The van der Waals surface area contributed by atoms with Crippen LogP contribution in [0, 0.1) is 0 Å². The largest absolute Gasteiger partial charge is 0.483 e. The molecule has 2 nitrogen and oxygen atoms in total. The van der Waals surface area contributed by atoms with Crippen molar-refractivity contribution in [2.75, 3.05) is 26.2 Å². The maximum absolute atomic E-state index is 5.76. The average Bonchev–Trinajstić information content (AvgIpc) is 2.74. The van der Waals surface area contributed by atoms with Crippen LogP contribution in [0.15, 0.2) is 46.6 Å². The predicted octanol–water partition coefficient (Wildman–Crippen LogP) is 8.74. The number of ether oxygens (including phenoxy) is 1. The Labute approximate surface area is 204 Å². The first-order chi connectivity index (χ1) is 15.4. The lowest BCUT2D eigenvalue weighted by Gasteiger charge is -2.26. The van der Waals surface area contributed by atoms with E-state index in [0.29, 0.717) is 6.61 Å². The van der Waals surface area contributed by atoms with Gasteiger partial charge in [-0.15, -0.1) is 0 Å². The van der Waals surface area contributed by atoms with Crippen molar-refractivity contribution >= 4 is 17.3 Å². The Bertz CT molecular complexity index is 646. The molecule has 0 atom stereocenters. The number of hydrogen-bond donors (Lipinski definition) is 0. The molecule has 0 aliphatic carbocycles. The molecule has 182 valence electrons. The Hall–Kier alpha value is -1.19. The van der Waals surface area contributed by atoms with Gasteiger partial charge in [0.25, 0.3) is 0 Å². The Balaban J connectivity index is 2.11. The molecule has 0 saturated carbocycles. The van der Waals surface area contributed by atoms with Crippen molar-refractivity contribution in [1.82, 2.24) is 4.90 Å². The summed E-state index contributed by atoms with van der Waals surface area (Å²) in [7, 11) is 0. The molecule has 0 radical (unpaired) electrons. The summed E-state index contributed by atoms with van der Waals surface area (Å²) in [5.74, 6) is 0. The van der Waals surface area contributed by atoms with Crippen LogP contribution < -0.4 is 0 Å². The van der Waals surface area contributed by atoms with Crippen molar-refractivity contribution < 1.29 is 4.74 Å². The van der Waals surface area contributed by atoms with Gasteiger partial charge in [-0.25, -0.2) is 0 Å². The molecule has 0 aromatic rings. The lowest BCUT2D eigenvalue weighted by atomic mass is 10.0. The van der Waals surface area contributed by atoms with Crippen molar-refractivity contribution in [2.45, 2.75) is 105 Å². The summed E-state index contributed by atoms with van der Waals surface area (Å²) in [5, 5.41) is 0.769. The molecular formula is C29H49NOS. The van der Waals surface area contributed by atoms with Crippen LogP contribution in [0.4, 0.5) is 0 Å². The van der Waals surface area contributed by atoms with Crippen LogP contribution in [0.3, 0.4) is 0 Å². The number of hydrogen-bond acceptors (Lipinski definition) is 3. The standard InChI is InChI=1S/C29H49NOS/c1-25(2)13-9-14-26(3)15-10-16-27(4)17-11-18-28(5)20-24-31-29(32)19-12-23-30-21-7-6-8-22-30/h13,15,17,20H,6-12,14,16,18-19,21-24H2,1-5H3/b26-15+,27-17+,28-20+. The van der Waals surface area contributed by atoms with Gasteiger partial charge in [0.2, 0.25) is 0 Å². The molecule has 1 aliphatic heterocycles. The predicted molar refractivity (Wildman–Crippen MR) is 146 cm³/mol. The third-order valence-corrected chi connectivity index (χ3v) is 6.46. The first-order valence-electron chi connectivity index (χ1n) is 12.8. The monoisotopic (exact) mass is 459 g/mol. The summed E-state index contributed by atoms with van der Waals surface area (Å²) in [6.45, 7) is 15.4. The Morgan fingerprint density at radius 1 is 0.719 bits per heavy atom. The van der Waals surface area contributed by atoms with E-state index in [2.05, 4.69) is 63.8 Å². The van der Waals surface area contributed by atoms with Crippen molar-refractivity contribution in [2.24, 2.45) is 0 Å². The van der Waals surface area contributed by atoms with Crippen LogP contribution in [0.25, 0.3) is 0 Å².